The van der Waals surface area contributed by atoms with E-state index >= 15 is 0 Å². The number of nitrogens with zero attached hydrogens (tertiary/aromatic N) is 6. The molecule has 3 aromatic heterocycles. The fraction of sp³-hybridized carbons (Fsp3) is 0.333. The van der Waals surface area contributed by atoms with Crippen molar-refractivity contribution in [2.24, 2.45) is 0 Å². The Hall–Kier alpha value is -4.28. The van der Waals surface area contributed by atoms with E-state index in [4.69, 9.17) is 10.1 Å². The summed E-state index contributed by atoms with van der Waals surface area (Å²) in [7, 11) is 1.83. The molecule has 4 aromatic rings. The molecule has 5 heterocycles. The summed E-state index contributed by atoms with van der Waals surface area (Å²) < 4.78 is 8.13. The molecule has 2 bridgehead atoms. The highest BCUT2D eigenvalue weighted by molar-refractivity contribution is 6.08. The Bertz CT molecular complexity index is 1500. The van der Waals surface area contributed by atoms with Gasteiger partial charge in [-0.05, 0) is 30.2 Å². The number of anilines is 1. The minimum absolute atomic E-state index is 0.622. The lowest BCUT2D eigenvalue weighted by Gasteiger charge is -2.34. The maximum atomic E-state index is 7.59. The Morgan fingerprint density at radius 3 is 2.85 bits per heavy atom. The van der Waals surface area contributed by atoms with Gasteiger partial charge in [-0.15, -0.1) is 0 Å². The second-order valence-electron chi connectivity index (χ2n) is 10.2. The summed E-state index contributed by atoms with van der Waals surface area (Å²) in [5.74, 6) is 1.57. The van der Waals surface area contributed by atoms with Crippen LogP contribution in [-0.4, -0.2) is 87.8 Å². The van der Waals surface area contributed by atoms with Crippen molar-refractivity contribution in [2.75, 3.05) is 51.7 Å². The highest BCUT2D eigenvalue weighted by Crippen LogP contribution is 2.24. The number of hydrogen-bond donors (Lipinski definition) is 3. The standard InChI is InChI=1S/C30H35N9O/c1-32-18-24(16-31)23-4-2-22(3-5-23)17-33-29-15-27(35-21-36-29)28-19-34-30-14-26(7-9-39(28)30)40-13-12-38-11-10-37-8-6-25(38)20-37/h2-5,7,9,14-16,18-19,21,25,31-32H,6,8,10-13,17,20H2,1H3,(H,33,35,36)/b24-18+,31-16?. The lowest BCUT2D eigenvalue weighted by atomic mass is 10.1. The summed E-state index contributed by atoms with van der Waals surface area (Å²) in [5.41, 5.74) is 5.44. The van der Waals surface area contributed by atoms with Gasteiger partial charge in [0.25, 0.3) is 0 Å². The molecule has 40 heavy (non-hydrogen) atoms. The molecule has 0 aliphatic carbocycles. The van der Waals surface area contributed by atoms with Gasteiger partial charge in [-0.2, -0.15) is 0 Å². The number of nitrogens with one attached hydrogen (secondary N) is 3. The van der Waals surface area contributed by atoms with Gasteiger partial charge in [0.2, 0.25) is 0 Å². The van der Waals surface area contributed by atoms with Crippen molar-refractivity contribution < 1.29 is 4.74 Å². The first kappa shape index (κ1) is 26.0. The summed E-state index contributed by atoms with van der Waals surface area (Å²) >= 11 is 0. The van der Waals surface area contributed by atoms with Gasteiger partial charge in [0.1, 0.15) is 30.1 Å². The first-order chi connectivity index (χ1) is 19.7. The summed E-state index contributed by atoms with van der Waals surface area (Å²) in [5, 5.41) is 14.0. The second-order valence-corrected chi connectivity index (χ2v) is 10.2. The maximum absolute atomic E-state index is 7.59. The van der Waals surface area contributed by atoms with E-state index in [9.17, 15) is 0 Å². The van der Waals surface area contributed by atoms with Crippen LogP contribution in [0.15, 0.2) is 67.4 Å². The van der Waals surface area contributed by atoms with Crippen LogP contribution in [0, 0.1) is 5.41 Å². The Balaban J connectivity index is 1.08. The molecule has 2 aliphatic heterocycles. The number of pyridine rings is 1. The van der Waals surface area contributed by atoms with E-state index in [1.807, 2.05) is 60.4 Å². The van der Waals surface area contributed by atoms with E-state index in [2.05, 4.69) is 47.5 Å². The van der Waals surface area contributed by atoms with Gasteiger partial charge in [-0.1, -0.05) is 24.3 Å². The lowest BCUT2D eigenvalue weighted by Crippen LogP contribution is -2.47. The third kappa shape index (κ3) is 5.68. The molecular formula is C30H35N9O. The zero-order valence-corrected chi connectivity index (χ0v) is 22.8. The molecule has 2 unspecified atom stereocenters. The number of fused-ring (bicyclic) bond motifs is 3. The van der Waals surface area contributed by atoms with E-state index in [1.54, 1.807) is 6.33 Å². The average molecular weight is 538 g/mol. The van der Waals surface area contributed by atoms with Crippen LogP contribution in [0.2, 0.25) is 0 Å². The molecule has 0 radical (unpaired) electrons. The zero-order chi connectivity index (χ0) is 27.3. The van der Waals surface area contributed by atoms with Gasteiger partial charge in [-0.3, -0.25) is 9.30 Å². The predicted molar refractivity (Wildman–Crippen MR) is 158 cm³/mol. The average Bonchev–Trinajstić information content (AvgIpc) is 3.60. The summed E-state index contributed by atoms with van der Waals surface area (Å²) in [6.07, 6.45) is 9.83. The van der Waals surface area contributed by atoms with E-state index < -0.39 is 0 Å². The molecule has 2 fully saturated rings. The van der Waals surface area contributed by atoms with E-state index in [0.717, 1.165) is 58.4 Å². The van der Waals surface area contributed by atoms with Gasteiger partial charge in [-0.25, -0.2) is 15.0 Å². The first-order valence-corrected chi connectivity index (χ1v) is 13.8. The zero-order valence-electron chi connectivity index (χ0n) is 22.8. The third-order valence-electron chi connectivity index (χ3n) is 7.75. The minimum Gasteiger partial charge on any atom is -0.492 e. The molecule has 2 saturated heterocycles. The van der Waals surface area contributed by atoms with Gasteiger partial charge < -0.3 is 25.7 Å². The number of allylic oxidation sites excluding steroid dienone is 1. The van der Waals surface area contributed by atoms with Gasteiger partial charge in [0.05, 0.1) is 17.6 Å². The van der Waals surface area contributed by atoms with Crippen molar-refractivity contribution >= 4 is 23.3 Å². The van der Waals surface area contributed by atoms with Crippen LogP contribution in [0.5, 0.6) is 5.75 Å². The first-order valence-electron chi connectivity index (χ1n) is 13.8. The number of imidazole rings is 1. The Morgan fingerprint density at radius 1 is 1.10 bits per heavy atom. The van der Waals surface area contributed by atoms with Crippen molar-refractivity contribution in [1.29, 1.82) is 5.41 Å². The quantitative estimate of drug-likeness (QED) is 0.250. The lowest BCUT2D eigenvalue weighted by molar-refractivity contribution is 0.115. The molecule has 206 valence electrons. The van der Waals surface area contributed by atoms with Crippen LogP contribution in [0.1, 0.15) is 17.5 Å². The summed E-state index contributed by atoms with van der Waals surface area (Å²) in [6, 6.07) is 14.7. The predicted octanol–water partition coefficient (Wildman–Crippen LogP) is 3.38. The van der Waals surface area contributed by atoms with Crippen molar-refractivity contribution in [3.05, 3.63) is 78.5 Å². The normalized spacial score (nSPS) is 19.1. The largest absolute Gasteiger partial charge is 0.492 e. The second kappa shape index (κ2) is 11.8. The summed E-state index contributed by atoms with van der Waals surface area (Å²) in [4.78, 5) is 18.6. The van der Waals surface area contributed by atoms with Crippen LogP contribution >= 0.6 is 0 Å². The van der Waals surface area contributed by atoms with Crippen molar-refractivity contribution in [1.82, 2.24) is 34.5 Å². The number of ether oxygens (including phenoxy) is 1. The molecule has 6 rings (SSSR count). The number of benzene rings is 1. The van der Waals surface area contributed by atoms with Crippen LogP contribution in [0.4, 0.5) is 5.82 Å². The Kier molecular flexibility index (Phi) is 7.69. The van der Waals surface area contributed by atoms with E-state index in [0.29, 0.717) is 19.2 Å². The molecule has 2 aliphatic rings. The molecule has 0 spiro atoms. The van der Waals surface area contributed by atoms with Crippen molar-refractivity contribution in [2.45, 2.75) is 19.0 Å². The molecule has 3 N–H and O–H groups in total. The van der Waals surface area contributed by atoms with Crippen LogP contribution in [0.25, 0.3) is 22.6 Å². The van der Waals surface area contributed by atoms with Gasteiger partial charge >= 0.3 is 0 Å². The molecule has 2 atom stereocenters. The maximum Gasteiger partial charge on any atom is 0.140 e. The molecule has 1 aromatic carbocycles. The third-order valence-corrected chi connectivity index (χ3v) is 7.75. The molecule has 0 saturated carbocycles. The highest BCUT2D eigenvalue weighted by Gasteiger charge is 2.31. The topological polar surface area (TPSA) is 107 Å². The Morgan fingerprint density at radius 2 is 2.00 bits per heavy atom. The van der Waals surface area contributed by atoms with Crippen LogP contribution in [0.3, 0.4) is 0 Å². The van der Waals surface area contributed by atoms with Gasteiger partial charge in [0.15, 0.2) is 0 Å². The molecule has 10 heteroatoms. The van der Waals surface area contributed by atoms with Crippen molar-refractivity contribution in [3.63, 3.8) is 0 Å². The van der Waals surface area contributed by atoms with Crippen molar-refractivity contribution in [3.8, 4) is 17.1 Å². The summed E-state index contributed by atoms with van der Waals surface area (Å²) in [6.45, 7) is 7.02. The van der Waals surface area contributed by atoms with E-state index in [1.165, 1.54) is 32.3 Å². The van der Waals surface area contributed by atoms with Crippen LogP contribution < -0.4 is 15.4 Å². The highest BCUT2D eigenvalue weighted by atomic mass is 16.5. The fourth-order valence-corrected chi connectivity index (χ4v) is 5.55. The number of hydrogen-bond acceptors (Lipinski definition) is 9. The number of rotatable bonds is 11. The molecular weight excluding hydrogens is 502 g/mol. The van der Waals surface area contributed by atoms with Crippen LogP contribution in [-0.2, 0) is 6.54 Å². The van der Waals surface area contributed by atoms with E-state index in [-0.39, 0.29) is 0 Å². The number of aromatic nitrogens is 4. The Labute approximate surface area is 234 Å². The fourth-order valence-electron chi connectivity index (χ4n) is 5.55. The monoisotopic (exact) mass is 537 g/mol. The number of piperazine rings is 1. The smallest absolute Gasteiger partial charge is 0.140 e. The SMILES string of the molecule is CN/C=C(\C=N)c1ccc(CNc2cc(-c3cnc4cc(OCCN5CCN6CCC5C6)ccn34)ncn2)cc1. The minimum atomic E-state index is 0.622. The van der Waals surface area contributed by atoms with Gasteiger partial charge in [0, 0.05) is 82.1 Å². The molecule has 10 nitrogen and oxygen atoms in total. The molecule has 0 amide bonds.